The van der Waals surface area contributed by atoms with Crippen LogP contribution >= 0.6 is 0 Å². The van der Waals surface area contributed by atoms with E-state index in [1.165, 1.54) is 30.5 Å². The van der Waals surface area contributed by atoms with Crippen LogP contribution < -0.4 is 9.64 Å². The summed E-state index contributed by atoms with van der Waals surface area (Å²) in [5, 5.41) is 0. The van der Waals surface area contributed by atoms with Crippen molar-refractivity contribution in [3.05, 3.63) is 23.8 Å². The maximum atomic E-state index is 5.74. The van der Waals surface area contributed by atoms with Crippen LogP contribution in [0.5, 0.6) is 5.75 Å². The van der Waals surface area contributed by atoms with E-state index >= 15 is 0 Å². The number of fused-ring (bicyclic) bond motifs is 1. The minimum absolute atomic E-state index is 0.552. The average Bonchev–Trinajstić information content (AvgIpc) is 2.77. The first-order valence-electron chi connectivity index (χ1n) is 7.77. The van der Waals surface area contributed by atoms with Gasteiger partial charge in [-0.1, -0.05) is 25.8 Å². The molecule has 0 saturated heterocycles. The zero-order valence-corrected chi connectivity index (χ0v) is 13.0. The zero-order chi connectivity index (χ0) is 14.4. The van der Waals surface area contributed by atoms with E-state index in [-0.39, 0.29) is 0 Å². The molecule has 0 fully saturated rings. The second kappa shape index (κ2) is 7.53. The van der Waals surface area contributed by atoms with E-state index in [2.05, 4.69) is 36.9 Å². The van der Waals surface area contributed by atoms with Gasteiger partial charge in [-0.05, 0) is 31.4 Å². The van der Waals surface area contributed by atoms with Crippen LogP contribution in [0.2, 0.25) is 0 Å². The summed E-state index contributed by atoms with van der Waals surface area (Å²) < 4.78 is 11.1. The normalized spacial score (nSPS) is 17.4. The number of rotatable bonds is 8. The number of benzene rings is 1. The summed E-state index contributed by atoms with van der Waals surface area (Å²) in [6, 6.07) is 6.94. The lowest BCUT2D eigenvalue weighted by atomic mass is 10.1. The van der Waals surface area contributed by atoms with Crippen molar-refractivity contribution >= 4 is 5.69 Å². The molecule has 1 aliphatic rings. The van der Waals surface area contributed by atoms with Gasteiger partial charge in [0, 0.05) is 30.9 Å². The molecule has 112 valence electrons. The molecule has 1 aliphatic heterocycles. The highest BCUT2D eigenvalue weighted by atomic mass is 16.5. The zero-order valence-electron chi connectivity index (χ0n) is 13.0. The number of unbranched alkanes of at least 4 members (excludes halogenated alkanes) is 2. The summed E-state index contributed by atoms with van der Waals surface area (Å²) in [6.07, 6.45) is 4.81. The van der Waals surface area contributed by atoms with Crippen LogP contribution in [0, 0.1) is 0 Å². The Bertz CT molecular complexity index is 419. The lowest BCUT2D eigenvalue weighted by molar-refractivity contribution is 0.135. The van der Waals surface area contributed by atoms with Gasteiger partial charge in [-0.3, -0.25) is 0 Å². The molecular weight excluding hydrogens is 250 g/mol. The Balaban J connectivity index is 1.86. The number of ether oxygens (including phenoxy) is 2. The van der Waals surface area contributed by atoms with Gasteiger partial charge in [-0.25, -0.2) is 0 Å². The molecule has 0 aliphatic carbocycles. The van der Waals surface area contributed by atoms with E-state index in [0.29, 0.717) is 6.04 Å². The smallest absolute Gasteiger partial charge is 0.120 e. The molecule has 1 unspecified atom stereocenters. The molecular formula is C17H27NO2. The molecule has 3 nitrogen and oxygen atoms in total. The van der Waals surface area contributed by atoms with Crippen molar-refractivity contribution in [2.45, 2.75) is 45.6 Å². The van der Waals surface area contributed by atoms with Crippen LogP contribution in [0.25, 0.3) is 0 Å². The Kier molecular flexibility index (Phi) is 5.72. The molecule has 0 amide bonds. The minimum Gasteiger partial charge on any atom is -0.497 e. The molecule has 0 saturated carbocycles. The van der Waals surface area contributed by atoms with Gasteiger partial charge in [0.2, 0.25) is 0 Å². The van der Waals surface area contributed by atoms with Gasteiger partial charge in [0.05, 0.1) is 13.7 Å². The lowest BCUT2D eigenvalue weighted by Gasteiger charge is -2.25. The minimum atomic E-state index is 0.552. The van der Waals surface area contributed by atoms with Crippen LogP contribution in [-0.4, -0.2) is 32.9 Å². The number of nitrogens with zero attached hydrogens (tertiary/aromatic N) is 1. The topological polar surface area (TPSA) is 21.7 Å². The van der Waals surface area contributed by atoms with Crippen LogP contribution in [0.3, 0.4) is 0 Å². The first-order chi connectivity index (χ1) is 9.76. The second-order valence-corrected chi connectivity index (χ2v) is 5.56. The number of hydrogen-bond donors (Lipinski definition) is 0. The van der Waals surface area contributed by atoms with Gasteiger partial charge in [0.25, 0.3) is 0 Å². The first kappa shape index (κ1) is 15.2. The van der Waals surface area contributed by atoms with Crippen molar-refractivity contribution in [3.8, 4) is 5.75 Å². The second-order valence-electron chi connectivity index (χ2n) is 5.56. The lowest BCUT2D eigenvalue weighted by Crippen LogP contribution is -2.32. The molecule has 1 heterocycles. The fourth-order valence-electron chi connectivity index (χ4n) is 2.84. The summed E-state index contributed by atoms with van der Waals surface area (Å²) >= 11 is 0. The maximum absolute atomic E-state index is 5.74. The summed E-state index contributed by atoms with van der Waals surface area (Å²) in [7, 11) is 1.72. The van der Waals surface area contributed by atoms with E-state index in [9.17, 15) is 0 Å². The molecule has 0 aromatic heterocycles. The maximum Gasteiger partial charge on any atom is 0.120 e. The third-order valence-corrected chi connectivity index (χ3v) is 4.02. The van der Waals surface area contributed by atoms with Crippen LogP contribution in [-0.2, 0) is 11.2 Å². The first-order valence-corrected chi connectivity index (χ1v) is 7.77. The quantitative estimate of drug-likeness (QED) is 0.677. The fourth-order valence-corrected chi connectivity index (χ4v) is 2.84. The van der Waals surface area contributed by atoms with E-state index in [4.69, 9.17) is 9.47 Å². The number of methoxy groups -OCH3 is 1. The Morgan fingerprint density at radius 1 is 1.25 bits per heavy atom. The molecule has 20 heavy (non-hydrogen) atoms. The van der Waals surface area contributed by atoms with Gasteiger partial charge >= 0.3 is 0 Å². The van der Waals surface area contributed by atoms with Gasteiger partial charge in [-0.15, -0.1) is 0 Å². The SMILES string of the molecule is CCCCCOCCN1c2cc(OC)ccc2CC1C. The summed E-state index contributed by atoms with van der Waals surface area (Å²) in [4.78, 5) is 2.44. The van der Waals surface area contributed by atoms with Crippen molar-refractivity contribution in [2.75, 3.05) is 31.8 Å². The number of anilines is 1. The average molecular weight is 277 g/mol. The van der Waals surface area contributed by atoms with Crippen LogP contribution in [0.4, 0.5) is 5.69 Å². The Hall–Kier alpha value is -1.22. The summed E-state index contributed by atoms with van der Waals surface area (Å²) in [5.74, 6) is 0.937. The van der Waals surface area contributed by atoms with Gasteiger partial charge in [0.1, 0.15) is 5.75 Å². The Morgan fingerprint density at radius 3 is 2.85 bits per heavy atom. The van der Waals surface area contributed by atoms with Gasteiger partial charge in [-0.2, -0.15) is 0 Å². The Labute approximate surface area is 122 Å². The standard InChI is InChI=1S/C17H27NO2/c1-4-5-6-10-20-11-9-18-14(2)12-15-7-8-16(19-3)13-17(15)18/h7-8,13-14H,4-6,9-12H2,1-3H3. The predicted octanol–water partition coefficient (Wildman–Crippen LogP) is 3.65. The van der Waals surface area contributed by atoms with Crippen molar-refractivity contribution in [3.63, 3.8) is 0 Å². The van der Waals surface area contributed by atoms with Gasteiger partial charge in [0.15, 0.2) is 0 Å². The van der Waals surface area contributed by atoms with Gasteiger partial charge < -0.3 is 14.4 Å². The van der Waals surface area contributed by atoms with Crippen molar-refractivity contribution in [1.82, 2.24) is 0 Å². The fraction of sp³-hybridized carbons (Fsp3) is 0.647. The largest absolute Gasteiger partial charge is 0.497 e. The highest BCUT2D eigenvalue weighted by Gasteiger charge is 2.25. The highest BCUT2D eigenvalue weighted by molar-refractivity contribution is 5.62. The van der Waals surface area contributed by atoms with E-state index < -0.39 is 0 Å². The molecule has 0 radical (unpaired) electrons. The van der Waals surface area contributed by atoms with E-state index in [0.717, 1.165) is 31.9 Å². The monoisotopic (exact) mass is 277 g/mol. The molecule has 1 atom stereocenters. The third-order valence-electron chi connectivity index (χ3n) is 4.02. The molecule has 1 aromatic carbocycles. The van der Waals surface area contributed by atoms with Crippen molar-refractivity contribution in [2.24, 2.45) is 0 Å². The van der Waals surface area contributed by atoms with E-state index in [1.807, 2.05) is 0 Å². The summed E-state index contributed by atoms with van der Waals surface area (Å²) in [6.45, 7) is 7.17. The molecule has 0 N–H and O–H groups in total. The third kappa shape index (κ3) is 3.66. The van der Waals surface area contributed by atoms with Crippen molar-refractivity contribution in [1.29, 1.82) is 0 Å². The number of hydrogen-bond acceptors (Lipinski definition) is 3. The van der Waals surface area contributed by atoms with Crippen molar-refractivity contribution < 1.29 is 9.47 Å². The molecule has 0 spiro atoms. The molecule has 2 rings (SSSR count). The summed E-state index contributed by atoms with van der Waals surface area (Å²) in [5.41, 5.74) is 2.73. The molecule has 0 bridgehead atoms. The van der Waals surface area contributed by atoms with Crippen LogP contribution in [0.1, 0.15) is 38.7 Å². The Morgan fingerprint density at radius 2 is 2.10 bits per heavy atom. The highest BCUT2D eigenvalue weighted by Crippen LogP contribution is 2.34. The molecule has 1 aromatic rings. The van der Waals surface area contributed by atoms with E-state index in [1.54, 1.807) is 7.11 Å². The predicted molar refractivity (Wildman–Crippen MR) is 83.9 cm³/mol. The molecule has 3 heteroatoms. The van der Waals surface area contributed by atoms with Crippen LogP contribution in [0.15, 0.2) is 18.2 Å².